The first kappa shape index (κ1) is 41.4. The highest BCUT2D eigenvalue weighted by molar-refractivity contribution is 6.73. The second kappa shape index (κ2) is 16.6. The summed E-state index contributed by atoms with van der Waals surface area (Å²) in [6.45, 7) is 12.1. The molecule has 1 aliphatic heterocycles. The maximum absolute atomic E-state index is 4.00. The third-order valence-corrected chi connectivity index (χ3v) is 14.4. The Balaban J connectivity index is 1.17. The molecule has 1 heterocycles. The maximum Gasteiger partial charge on any atom is 0.198 e. The van der Waals surface area contributed by atoms with Crippen LogP contribution in [0.4, 0.5) is 28.4 Å². The summed E-state index contributed by atoms with van der Waals surface area (Å²) in [5.74, 6) is 0. The average molecular weight is 851 g/mol. The third kappa shape index (κ3) is 7.63. The number of aryl methyl sites for hydroxylation is 1. The molecule has 0 spiro atoms. The largest absolute Gasteiger partial charge is 0.355 e. The Morgan fingerprint density at radius 1 is 0.409 bits per heavy atom. The van der Waals surface area contributed by atoms with E-state index >= 15 is 0 Å². The van der Waals surface area contributed by atoms with Gasteiger partial charge in [-0.1, -0.05) is 197 Å². The lowest BCUT2D eigenvalue weighted by atomic mass is 9.57. The van der Waals surface area contributed by atoms with Gasteiger partial charge in [0.05, 0.1) is 0 Å². The number of nitrogens with zero attached hydrogens (tertiary/aromatic N) is 1. The van der Waals surface area contributed by atoms with Crippen LogP contribution in [-0.4, -0.2) is 7.28 Å². The monoisotopic (exact) mass is 850 g/mol. The Labute approximate surface area is 391 Å². The molecule has 0 aromatic heterocycles. The zero-order valence-electron chi connectivity index (χ0n) is 38.7. The van der Waals surface area contributed by atoms with Crippen molar-refractivity contribution in [1.82, 2.24) is 0 Å². The number of hydrogen-bond donors (Lipinski definition) is 1. The van der Waals surface area contributed by atoms with Gasteiger partial charge in [0, 0.05) is 34.0 Å². The average Bonchev–Trinajstić information content (AvgIpc) is 3.35. The lowest BCUT2D eigenvalue weighted by Gasteiger charge is -2.44. The summed E-state index contributed by atoms with van der Waals surface area (Å²) in [7, 11) is 0.790. The predicted molar refractivity (Wildman–Crippen MR) is 284 cm³/mol. The van der Waals surface area contributed by atoms with Crippen molar-refractivity contribution in [1.29, 1.82) is 0 Å². The molecule has 0 saturated carbocycles. The molecular formula is C63H55BN2. The number of rotatable bonds is 8. The highest BCUT2D eigenvalue weighted by atomic mass is 15.2. The van der Waals surface area contributed by atoms with Crippen LogP contribution >= 0.6 is 0 Å². The zero-order chi connectivity index (χ0) is 45.0. The molecule has 3 heteroatoms. The van der Waals surface area contributed by atoms with Crippen LogP contribution in [0.2, 0.25) is 0 Å². The fraction of sp³-hybridized carbons (Fsp3) is 0.143. The summed E-state index contributed by atoms with van der Waals surface area (Å²) in [5, 5.41) is 4.00. The Morgan fingerprint density at radius 2 is 0.924 bits per heavy atom. The van der Waals surface area contributed by atoms with Crippen molar-refractivity contribution in [2.45, 2.75) is 58.3 Å². The van der Waals surface area contributed by atoms with E-state index < -0.39 is 0 Å². The van der Waals surface area contributed by atoms with E-state index in [0.717, 1.165) is 25.1 Å². The van der Waals surface area contributed by atoms with Crippen LogP contribution in [-0.2, 0) is 10.8 Å². The zero-order valence-corrected chi connectivity index (χ0v) is 38.7. The van der Waals surface area contributed by atoms with Crippen LogP contribution in [0.3, 0.4) is 0 Å². The SMILES string of the molecule is Cc1cc2c(cc1N1c3ccc(-c4ccccc4)cc3Bc3c(-c4ccc(-c5ccccc5)cc4Nc4cccc(-c5ccccc5)c4)cc(-c4ccccc4)cc31)C(C)(C)CCC2(C)C. The second-order valence-corrected chi connectivity index (χ2v) is 19.8. The van der Waals surface area contributed by atoms with Crippen LogP contribution < -0.4 is 21.1 Å². The molecule has 9 aromatic rings. The molecule has 2 aliphatic rings. The van der Waals surface area contributed by atoms with Crippen molar-refractivity contribution in [2.24, 2.45) is 0 Å². The Kier molecular flexibility index (Phi) is 10.4. The molecule has 11 rings (SSSR count). The van der Waals surface area contributed by atoms with E-state index in [0.29, 0.717) is 0 Å². The van der Waals surface area contributed by atoms with E-state index in [-0.39, 0.29) is 10.8 Å². The third-order valence-electron chi connectivity index (χ3n) is 14.4. The quantitative estimate of drug-likeness (QED) is 0.153. The van der Waals surface area contributed by atoms with Gasteiger partial charge in [0.2, 0.25) is 0 Å². The molecule has 0 amide bonds. The van der Waals surface area contributed by atoms with E-state index in [1.807, 2.05) is 0 Å². The molecule has 66 heavy (non-hydrogen) atoms. The topological polar surface area (TPSA) is 15.3 Å². The van der Waals surface area contributed by atoms with E-state index in [1.54, 1.807) is 0 Å². The summed E-state index contributed by atoms with van der Waals surface area (Å²) >= 11 is 0. The predicted octanol–water partition coefficient (Wildman–Crippen LogP) is 15.6. The van der Waals surface area contributed by atoms with Gasteiger partial charge < -0.3 is 10.2 Å². The summed E-state index contributed by atoms with van der Waals surface area (Å²) < 4.78 is 0. The number of fused-ring (bicyclic) bond motifs is 3. The van der Waals surface area contributed by atoms with Crippen LogP contribution in [0.5, 0.6) is 0 Å². The Bertz CT molecular complexity index is 3240. The second-order valence-electron chi connectivity index (χ2n) is 19.8. The van der Waals surface area contributed by atoms with Crippen molar-refractivity contribution < 1.29 is 0 Å². The van der Waals surface area contributed by atoms with Gasteiger partial charge in [-0.2, -0.15) is 0 Å². The van der Waals surface area contributed by atoms with Gasteiger partial charge in [0.25, 0.3) is 0 Å². The highest BCUT2D eigenvalue weighted by Gasteiger charge is 2.39. The smallest absolute Gasteiger partial charge is 0.198 e. The van der Waals surface area contributed by atoms with Gasteiger partial charge in [-0.05, 0) is 145 Å². The van der Waals surface area contributed by atoms with Crippen molar-refractivity contribution in [3.63, 3.8) is 0 Å². The molecule has 1 aliphatic carbocycles. The van der Waals surface area contributed by atoms with Crippen LogP contribution in [0, 0.1) is 6.92 Å². The standard InChI is InChI=1S/C63H55BN2/c1-42-35-54-55(63(4,5)34-33-62(54,2)3)41-59(42)66-58-32-30-48(44-21-12-7-13-22-44)38-56(58)64-61-53(37-50(40-60(61)66)46-25-16-9-17-26-46)52-31-29-49(45-23-14-8-15-24-45)39-57(52)65-51-28-18-27-47(36-51)43-19-10-6-11-20-43/h6-32,35-41,64-65H,33-34H2,1-5H3. The minimum absolute atomic E-state index is 0.0574. The van der Waals surface area contributed by atoms with Gasteiger partial charge in [-0.25, -0.2) is 0 Å². The van der Waals surface area contributed by atoms with Crippen LogP contribution in [0.1, 0.15) is 57.2 Å². The number of hydrogen-bond acceptors (Lipinski definition) is 2. The van der Waals surface area contributed by atoms with Gasteiger partial charge in [0.15, 0.2) is 7.28 Å². The molecule has 9 aromatic carbocycles. The molecule has 0 saturated heterocycles. The number of nitrogens with one attached hydrogen (secondary N) is 1. The van der Waals surface area contributed by atoms with Crippen LogP contribution in [0.25, 0.3) is 55.6 Å². The molecule has 1 N–H and O–H groups in total. The Morgan fingerprint density at radius 3 is 1.53 bits per heavy atom. The van der Waals surface area contributed by atoms with Crippen LogP contribution in [0.15, 0.2) is 206 Å². The first-order chi connectivity index (χ1) is 32.1. The van der Waals surface area contributed by atoms with Gasteiger partial charge in [-0.15, -0.1) is 0 Å². The molecule has 320 valence electrons. The van der Waals surface area contributed by atoms with E-state index in [9.17, 15) is 0 Å². The van der Waals surface area contributed by atoms with Crippen molar-refractivity contribution >= 4 is 46.6 Å². The van der Waals surface area contributed by atoms with E-state index in [2.05, 4.69) is 251 Å². The lowest BCUT2D eigenvalue weighted by molar-refractivity contribution is 0.332. The van der Waals surface area contributed by atoms with Gasteiger partial charge in [-0.3, -0.25) is 0 Å². The van der Waals surface area contributed by atoms with E-state index in [4.69, 9.17) is 0 Å². The molecule has 0 radical (unpaired) electrons. The molecule has 2 nitrogen and oxygen atoms in total. The van der Waals surface area contributed by atoms with Crippen molar-refractivity contribution in [3.05, 3.63) is 223 Å². The van der Waals surface area contributed by atoms with Gasteiger partial charge >= 0.3 is 0 Å². The molecule has 0 bridgehead atoms. The highest BCUT2D eigenvalue weighted by Crippen LogP contribution is 2.50. The minimum Gasteiger partial charge on any atom is -0.355 e. The number of anilines is 5. The lowest BCUT2D eigenvalue weighted by Crippen LogP contribution is -2.41. The van der Waals surface area contributed by atoms with Crippen molar-refractivity contribution in [3.8, 4) is 55.6 Å². The fourth-order valence-corrected chi connectivity index (χ4v) is 10.6. The molecule has 0 atom stereocenters. The van der Waals surface area contributed by atoms with Gasteiger partial charge in [0.1, 0.15) is 0 Å². The molecular weight excluding hydrogens is 796 g/mol. The molecule has 0 unspecified atom stereocenters. The first-order valence-corrected chi connectivity index (χ1v) is 23.6. The molecule has 0 fully saturated rings. The maximum atomic E-state index is 4.00. The summed E-state index contributed by atoms with van der Waals surface area (Å²) in [6, 6.07) is 76.1. The minimum atomic E-state index is 0.0574. The number of benzene rings is 9. The summed E-state index contributed by atoms with van der Waals surface area (Å²) in [4.78, 5) is 2.61. The normalized spacial score (nSPS) is 14.3. The fourth-order valence-electron chi connectivity index (χ4n) is 10.6. The Hall–Kier alpha value is -7.36. The summed E-state index contributed by atoms with van der Waals surface area (Å²) in [5.41, 5.74) is 24.9. The summed E-state index contributed by atoms with van der Waals surface area (Å²) in [6.07, 6.45) is 2.34. The van der Waals surface area contributed by atoms with Crippen molar-refractivity contribution in [2.75, 3.05) is 10.2 Å². The first-order valence-electron chi connectivity index (χ1n) is 23.6. The van der Waals surface area contributed by atoms with E-state index in [1.165, 1.54) is 107 Å².